The summed E-state index contributed by atoms with van der Waals surface area (Å²) in [4.78, 5) is 12.6. The Balaban J connectivity index is 2.31. The van der Waals surface area contributed by atoms with Gasteiger partial charge in [0, 0.05) is 6.20 Å². The van der Waals surface area contributed by atoms with E-state index in [4.69, 9.17) is 11.6 Å². The Hall–Kier alpha value is -1.46. The molecule has 0 radical (unpaired) electrons. The van der Waals surface area contributed by atoms with Gasteiger partial charge in [0.05, 0.1) is 15.5 Å². The summed E-state index contributed by atoms with van der Waals surface area (Å²) in [6.45, 7) is 4.15. The molecule has 0 spiro atoms. The van der Waals surface area contributed by atoms with Crippen molar-refractivity contribution in [3.8, 4) is 5.82 Å². The number of halogens is 2. The van der Waals surface area contributed by atoms with Gasteiger partial charge in [-0.3, -0.25) is 4.57 Å². The predicted octanol–water partition coefficient (Wildman–Crippen LogP) is 3.85. The van der Waals surface area contributed by atoms with Crippen LogP contribution in [0.3, 0.4) is 0 Å². The second-order valence-electron chi connectivity index (χ2n) is 4.35. The fourth-order valence-corrected chi connectivity index (χ4v) is 2.45. The predicted molar refractivity (Wildman–Crippen MR) is 78.8 cm³/mol. The lowest BCUT2D eigenvalue weighted by molar-refractivity contribution is 0.983. The summed E-state index contributed by atoms with van der Waals surface area (Å²) in [5, 5.41) is 0.212. The normalized spacial score (nSPS) is 11.2. The molecule has 0 amide bonds. The number of fused-ring (bicyclic) bond motifs is 1. The van der Waals surface area contributed by atoms with Crippen LogP contribution in [0.2, 0.25) is 5.28 Å². The van der Waals surface area contributed by atoms with Crippen molar-refractivity contribution < 1.29 is 0 Å². The number of aryl methyl sites for hydroxylation is 2. The number of nitrogens with zero attached hydrogens (tertiary/aromatic N) is 4. The molecule has 0 N–H and O–H groups in total. The molecule has 0 bridgehead atoms. The number of imidazole rings is 1. The Bertz CT molecular complexity index is 782. The monoisotopic (exact) mass is 336 g/mol. The summed E-state index contributed by atoms with van der Waals surface area (Å²) < 4.78 is 2.67. The molecule has 0 aliphatic rings. The first-order valence-electron chi connectivity index (χ1n) is 5.69. The highest BCUT2D eigenvalue weighted by Gasteiger charge is 2.11. The quantitative estimate of drug-likeness (QED) is 0.634. The lowest BCUT2D eigenvalue weighted by atomic mass is 10.1. The maximum atomic E-state index is 5.86. The van der Waals surface area contributed by atoms with Gasteiger partial charge >= 0.3 is 0 Å². The Morgan fingerprint density at radius 1 is 1.16 bits per heavy atom. The van der Waals surface area contributed by atoms with Gasteiger partial charge in [-0.05, 0) is 64.6 Å². The van der Waals surface area contributed by atoms with Crippen LogP contribution < -0.4 is 0 Å². The molecule has 0 fully saturated rings. The molecule has 96 valence electrons. The van der Waals surface area contributed by atoms with Crippen LogP contribution in [0.15, 0.2) is 29.1 Å². The molecule has 0 saturated carbocycles. The zero-order valence-electron chi connectivity index (χ0n) is 10.4. The first-order valence-corrected chi connectivity index (χ1v) is 6.86. The van der Waals surface area contributed by atoms with Crippen molar-refractivity contribution in [2.24, 2.45) is 0 Å². The van der Waals surface area contributed by atoms with Gasteiger partial charge in [0.25, 0.3) is 0 Å². The molecule has 3 aromatic rings. The summed E-state index contributed by atoms with van der Waals surface area (Å²) in [7, 11) is 0. The summed E-state index contributed by atoms with van der Waals surface area (Å²) in [5.74, 6) is 0.686. The lowest BCUT2D eigenvalue weighted by Gasteiger charge is -2.07. The van der Waals surface area contributed by atoms with Crippen molar-refractivity contribution in [3.05, 3.63) is 45.5 Å². The average molecular weight is 338 g/mol. The molecular formula is C13H10BrClN4. The van der Waals surface area contributed by atoms with Crippen molar-refractivity contribution >= 4 is 38.6 Å². The molecule has 0 saturated heterocycles. The molecule has 3 rings (SSSR count). The first kappa shape index (κ1) is 12.6. The van der Waals surface area contributed by atoms with Gasteiger partial charge in [0.15, 0.2) is 5.82 Å². The average Bonchev–Trinajstić information content (AvgIpc) is 2.76. The van der Waals surface area contributed by atoms with E-state index in [0.717, 1.165) is 15.5 Å². The van der Waals surface area contributed by atoms with Gasteiger partial charge in [-0.25, -0.2) is 9.97 Å². The molecule has 2 aromatic heterocycles. The maximum Gasteiger partial charge on any atom is 0.224 e. The number of rotatable bonds is 1. The van der Waals surface area contributed by atoms with Crippen LogP contribution in [0.5, 0.6) is 0 Å². The highest BCUT2D eigenvalue weighted by molar-refractivity contribution is 9.10. The third-order valence-electron chi connectivity index (χ3n) is 3.09. The van der Waals surface area contributed by atoms with Crippen LogP contribution in [-0.4, -0.2) is 19.5 Å². The maximum absolute atomic E-state index is 5.86. The van der Waals surface area contributed by atoms with E-state index in [-0.39, 0.29) is 5.28 Å². The van der Waals surface area contributed by atoms with Gasteiger partial charge in [0.1, 0.15) is 6.33 Å². The molecule has 1 aromatic carbocycles. The molecule has 2 heterocycles. The van der Waals surface area contributed by atoms with Gasteiger partial charge in [-0.15, -0.1) is 0 Å². The van der Waals surface area contributed by atoms with Gasteiger partial charge in [-0.1, -0.05) is 0 Å². The van der Waals surface area contributed by atoms with Crippen molar-refractivity contribution in [1.82, 2.24) is 19.5 Å². The zero-order valence-corrected chi connectivity index (χ0v) is 12.7. The molecule has 4 nitrogen and oxygen atoms in total. The summed E-state index contributed by atoms with van der Waals surface area (Å²) >= 11 is 9.30. The van der Waals surface area contributed by atoms with E-state index in [0.29, 0.717) is 5.82 Å². The van der Waals surface area contributed by atoms with Crippen LogP contribution in [0.25, 0.3) is 16.9 Å². The minimum absolute atomic E-state index is 0.212. The zero-order chi connectivity index (χ0) is 13.6. The van der Waals surface area contributed by atoms with Crippen LogP contribution in [0.4, 0.5) is 0 Å². The molecule has 0 unspecified atom stereocenters. The van der Waals surface area contributed by atoms with E-state index in [1.54, 1.807) is 12.5 Å². The number of aromatic nitrogens is 4. The highest BCUT2D eigenvalue weighted by atomic mass is 79.9. The van der Waals surface area contributed by atoms with Crippen molar-refractivity contribution in [2.45, 2.75) is 13.8 Å². The number of benzene rings is 1. The standard InChI is InChI=1S/C13H10BrClN4/c1-7-3-10-11(4-8(7)2)19(6-17-10)12-9(14)5-16-13(15)18-12/h3-6H,1-2H3. The second-order valence-corrected chi connectivity index (χ2v) is 5.54. The minimum atomic E-state index is 0.212. The van der Waals surface area contributed by atoms with E-state index in [1.807, 2.05) is 4.57 Å². The van der Waals surface area contributed by atoms with Crippen molar-refractivity contribution in [3.63, 3.8) is 0 Å². The van der Waals surface area contributed by atoms with Gasteiger partial charge in [0.2, 0.25) is 5.28 Å². The molecule has 0 atom stereocenters. The Labute approximate surface area is 123 Å². The SMILES string of the molecule is Cc1cc2ncn(-c3nc(Cl)ncc3Br)c2cc1C. The van der Waals surface area contributed by atoms with E-state index in [1.165, 1.54) is 11.1 Å². The third kappa shape index (κ3) is 2.13. The minimum Gasteiger partial charge on any atom is -0.282 e. The third-order valence-corrected chi connectivity index (χ3v) is 3.83. The molecule has 6 heteroatoms. The molecule has 19 heavy (non-hydrogen) atoms. The number of hydrogen-bond acceptors (Lipinski definition) is 3. The van der Waals surface area contributed by atoms with E-state index in [2.05, 4.69) is 56.9 Å². The number of hydrogen-bond donors (Lipinski definition) is 0. The summed E-state index contributed by atoms with van der Waals surface area (Å²) in [5.41, 5.74) is 4.37. The van der Waals surface area contributed by atoms with E-state index in [9.17, 15) is 0 Å². The van der Waals surface area contributed by atoms with Crippen LogP contribution >= 0.6 is 27.5 Å². The topological polar surface area (TPSA) is 43.6 Å². The van der Waals surface area contributed by atoms with Crippen LogP contribution in [0, 0.1) is 13.8 Å². The van der Waals surface area contributed by atoms with Gasteiger partial charge < -0.3 is 0 Å². The largest absolute Gasteiger partial charge is 0.282 e. The molecule has 0 aliphatic heterocycles. The Kier molecular flexibility index (Phi) is 3.03. The van der Waals surface area contributed by atoms with Gasteiger partial charge in [-0.2, -0.15) is 4.98 Å². The van der Waals surface area contributed by atoms with Crippen LogP contribution in [0.1, 0.15) is 11.1 Å². The van der Waals surface area contributed by atoms with E-state index < -0.39 is 0 Å². The Morgan fingerprint density at radius 2 is 1.89 bits per heavy atom. The fraction of sp³-hybridized carbons (Fsp3) is 0.154. The Morgan fingerprint density at radius 3 is 2.68 bits per heavy atom. The molecule has 0 aliphatic carbocycles. The van der Waals surface area contributed by atoms with Crippen molar-refractivity contribution in [2.75, 3.05) is 0 Å². The van der Waals surface area contributed by atoms with Crippen molar-refractivity contribution in [1.29, 1.82) is 0 Å². The highest BCUT2D eigenvalue weighted by Crippen LogP contribution is 2.25. The lowest BCUT2D eigenvalue weighted by Crippen LogP contribution is -1.99. The summed E-state index contributed by atoms with van der Waals surface area (Å²) in [6, 6.07) is 4.16. The fourth-order valence-electron chi connectivity index (χ4n) is 1.94. The summed E-state index contributed by atoms with van der Waals surface area (Å²) in [6.07, 6.45) is 3.38. The van der Waals surface area contributed by atoms with Crippen LogP contribution in [-0.2, 0) is 0 Å². The van der Waals surface area contributed by atoms with E-state index >= 15 is 0 Å². The second kappa shape index (κ2) is 4.58. The first-order chi connectivity index (χ1) is 9.06. The molecular weight excluding hydrogens is 328 g/mol. The smallest absolute Gasteiger partial charge is 0.224 e.